The Morgan fingerprint density at radius 3 is 2.62 bits per heavy atom. The van der Waals surface area contributed by atoms with E-state index in [-0.39, 0.29) is 0 Å². The van der Waals surface area contributed by atoms with Crippen LogP contribution in [0.25, 0.3) is 0 Å². The average Bonchev–Trinajstić information content (AvgIpc) is 2.39. The van der Waals surface area contributed by atoms with Gasteiger partial charge < -0.3 is 9.84 Å². The van der Waals surface area contributed by atoms with E-state index < -0.39 is 6.10 Å². The van der Waals surface area contributed by atoms with E-state index in [2.05, 4.69) is 9.97 Å². The number of nitrogens with zero attached hydrogens (tertiary/aromatic N) is 2. The van der Waals surface area contributed by atoms with Crippen molar-refractivity contribution in [1.82, 2.24) is 9.97 Å². The van der Waals surface area contributed by atoms with Gasteiger partial charge in [-0.1, -0.05) is 30.3 Å². The molecule has 0 bridgehead atoms. The first kappa shape index (κ1) is 10.6. The first-order valence-electron chi connectivity index (χ1n) is 4.90. The van der Waals surface area contributed by atoms with Crippen molar-refractivity contribution in [3.8, 4) is 5.88 Å². The van der Waals surface area contributed by atoms with Gasteiger partial charge in [0.25, 0.3) is 0 Å². The number of aliphatic hydroxyl groups is 1. The number of rotatable bonds is 3. The van der Waals surface area contributed by atoms with Gasteiger partial charge in [0.2, 0.25) is 5.88 Å². The minimum atomic E-state index is -0.752. The minimum Gasteiger partial charge on any atom is -0.481 e. The molecule has 2 aromatic rings. The van der Waals surface area contributed by atoms with Crippen molar-refractivity contribution in [3.63, 3.8) is 0 Å². The van der Waals surface area contributed by atoms with Crippen molar-refractivity contribution in [2.24, 2.45) is 0 Å². The van der Waals surface area contributed by atoms with Gasteiger partial charge >= 0.3 is 0 Å². The number of hydrogen-bond acceptors (Lipinski definition) is 4. The minimum absolute atomic E-state index is 0.444. The fourth-order valence-electron chi connectivity index (χ4n) is 1.42. The summed E-state index contributed by atoms with van der Waals surface area (Å²) < 4.78 is 4.98. The van der Waals surface area contributed by atoms with E-state index in [4.69, 9.17) is 4.74 Å². The molecular weight excluding hydrogens is 204 g/mol. The normalized spacial score (nSPS) is 12.1. The Morgan fingerprint density at radius 1 is 1.19 bits per heavy atom. The molecule has 0 spiro atoms. The average molecular weight is 216 g/mol. The first-order chi connectivity index (χ1) is 7.81. The molecule has 0 aliphatic rings. The highest BCUT2D eigenvalue weighted by Gasteiger charge is 2.12. The van der Waals surface area contributed by atoms with E-state index in [0.717, 1.165) is 5.56 Å². The fraction of sp³-hybridized carbons (Fsp3) is 0.167. The van der Waals surface area contributed by atoms with Crippen LogP contribution in [0.4, 0.5) is 0 Å². The molecule has 4 heteroatoms. The smallest absolute Gasteiger partial charge is 0.216 e. The lowest BCUT2D eigenvalue weighted by molar-refractivity contribution is 0.214. The summed E-state index contributed by atoms with van der Waals surface area (Å²) in [6, 6.07) is 11.0. The predicted octanol–water partition coefficient (Wildman–Crippen LogP) is 1.57. The van der Waals surface area contributed by atoms with Crippen LogP contribution in [0, 0.1) is 0 Å². The highest BCUT2D eigenvalue weighted by Crippen LogP contribution is 2.21. The van der Waals surface area contributed by atoms with E-state index in [0.29, 0.717) is 11.6 Å². The first-order valence-corrected chi connectivity index (χ1v) is 4.90. The summed E-state index contributed by atoms with van der Waals surface area (Å²) in [4.78, 5) is 7.91. The number of hydrogen-bond donors (Lipinski definition) is 1. The summed E-state index contributed by atoms with van der Waals surface area (Å²) in [5.41, 5.74) is 1.32. The molecule has 1 aromatic heterocycles. The maximum absolute atomic E-state index is 10.1. The Hall–Kier alpha value is -1.94. The van der Waals surface area contributed by atoms with Gasteiger partial charge in [-0.05, 0) is 5.56 Å². The van der Waals surface area contributed by atoms with E-state index >= 15 is 0 Å². The summed E-state index contributed by atoms with van der Waals surface area (Å²) in [6.07, 6.45) is 0.624. The van der Waals surface area contributed by atoms with Crippen molar-refractivity contribution < 1.29 is 9.84 Å². The van der Waals surface area contributed by atoms with E-state index in [1.165, 1.54) is 13.4 Å². The molecule has 0 aliphatic carbocycles. The highest BCUT2D eigenvalue weighted by molar-refractivity contribution is 5.27. The number of aromatic nitrogens is 2. The van der Waals surface area contributed by atoms with Crippen molar-refractivity contribution in [2.75, 3.05) is 7.11 Å². The second-order valence-electron chi connectivity index (χ2n) is 3.30. The Labute approximate surface area is 93.6 Å². The summed E-state index contributed by atoms with van der Waals surface area (Å²) in [5.74, 6) is 0.444. The predicted molar refractivity (Wildman–Crippen MR) is 59.1 cm³/mol. The van der Waals surface area contributed by atoms with Crippen LogP contribution in [0.5, 0.6) is 5.88 Å². The Bertz CT molecular complexity index is 460. The van der Waals surface area contributed by atoms with Crippen LogP contribution in [0.3, 0.4) is 0 Å². The molecule has 0 fully saturated rings. The molecular formula is C12H12N2O2. The molecule has 82 valence electrons. The fourth-order valence-corrected chi connectivity index (χ4v) is 1.42. The number of aliphatic hydroxyl groups excluding tert-OH is 1. The lowest BCUT2D eigenvalue weighted by Gasteiger charge is -2.10. The number of methoxy groups -OCH3 is 1. The summed E-state index contributed by atoms with van der Waals surface area (Å²) in [6.45, 7) is 0. The third-order valence-corrected chi connectivity index (χ3v) is 2.27. The molecule has 2 rings (SSSR count). The molecule has 0 amide bonds. The van der Waals surface area contributed by atoms with Gasteiger partial charge in [0.1, 0.15) is 12.4 Å². The lowest BCUT2D eigenvalue weighted by atomic mass is 10.1. The van der Waals surface area contributed by atoms with Gasteiger partial charge in [0.05, 0.1) is 12.8 Å². The Morgan fingerprint density at radius 2 is 1.94 bits per heavy atom. The maximum Gasteiger partial charge on any atom is 0.216 e. The van der Waals surface area contributed by atoms with Crippen LogP contribution in [0.15, 0.2) is 42.7 Å². The molecule has 0 radical (unpaired) electrons. The standard InChI is InChI=1S/C12H12N2O2/c1-16-11-7-10(13-8-14-11)12(15)9-5-3-2-4-6-9/h2-8,12,15H,1H3. The molecule has 1 atom stereocenters. The van der Waals surface area contributed by atoms with Gasteiger partial charge in [-0.3, -0.25) is 0 Å². The van der Waals surface area contributed by atoms with Gasteiger partial charge in [-0.15, -0.1) is 0 Å². The van der Waals surface area contributed by atoms with E-state index in [1.54, 1.807) is 6.07 Å². The van der Waals surface area contributed by atoms with Gasteiger partial charge in [-0.25, -0.2) is 9.97 Å². The second kappa shape index (κ2) is 4.72. The van der Waals surface area contributed by atoms with Gasteiger partial charge in [0, 0.05) is 6.07 Å². The van der Waals surface area contributed by atoms with E-state index in [9.17, 15) is 5.11 Å². The molecule has 0 saturated heterocycles. The van der Waals surface area contributed by atoms with Crippen molar-refractivity contribution in [3.05, 3.63) is 54.0 Å². The van der Waals surface area contributed by atoms with Gasteiger partial charge in [0.15, 0.2) is 0 Å². The van der Waals surface area contributed by atoms with Crippen molar-refractivity contribution in [1.29, 1.82) is 0 Å². The second-order valence-corrected chi connectivity index (χ2v) is 3.30. The monoisotopic (exact) mass is 216 g/mol. The quantitative estimate of drug-likeness (QED) is 0.846. The largest absolute Gasteiger partial charge is 0.481 e. The topological polar surface area (TPSA) is 55.2 Å². The highest BCUT2D eigenvalue weighted by atomic mass is 16.5. The zero-order valence-corrected chi connectivity index (χ0v) is 8.87. The van der Waals surface area contributed by atoms with Crippen LogP contribution in [-0.4, -0.2) is 22.2 Å². The zero-order chi connectivity index (χ0) is 11.4. The van der Waals surface area contributed by atoms with Crippen LogP contribution in [0.1, 0.15) is 17.4 Å². The zero-order valence-electron chi connectivity index (χ0n) is 8.87. The molecule has 16 heavy (non-hydrogen) atoms. The van der Waals surface area contributed by atoms with Crippen LogP contribution in [0.2, 0.25) is 0 Å². The molecule has 0 saturated carbocycles. The van der Waals surface area contributed by atoms with Gasteiger partial charge in [-0.2, -0.15) is 0 Å². The Kier molecular flexibility index (Phi) is 3.12. The lowest BCUT2D eigenvalue weighted by Crippen LogP contribution is -2.03. The third-order valence-electron chi connectivity index (χ3n) is 2.27. The molecule has 1 aromatic carbocycles. The summed E-state index contributed by atoms with van der Waals surface area (Å²) >= 11 is 0. The molecule has 1 heterocycles. The van der Waals surface area contributed by atoms with E-state index in [1.807, 2.05) is 30.3 Å². The number of ether oxygens (including phenoxy) is 1. The molecule has 1 unspecified atom stereocenters. The van der Waals surface area contributed by atoms with Crippen LogP contribution >= 0.6 is 0 Å². The maximum atomic E-state index is 10.1. The van der Waals surface area contributed by atoms with Crippen LogP contribution < -0.4 is 4.74 Å². The molecule has 1 N–H and O–H groups in total. The third kappa shape index (κ3) is 2.17. The number of benzene rings is 1. The van der Waals surface area contributed by atoms with Crippen molar-refractivity contribution in [2.45, 2.75) is 6.10 Å². The molecule has 4 nitrogen and oxygen atoms in total. The summed E-state index contributed by atoms with van der Waals surface area (Å²) in [7, 11) is 1.53. The SMILES string of the molecule is COc1cc(C(O)c2ccccc2)ncn1. The summed E-state index contributed by atoms with van der Waals surface area (Å²) in [5, 5.41) is 10.1. The molecule has 0 aliphatic heterocycles. The Balaban J connectivity index is 2.30. The van der Waals surface area contributed by atoms with Crippen molar-refractivity contribution >= 4 is 0 Å². The van der Waals surface area contributed by atoms with Crippen LogP contribution in [-0.2, 0) is 0 Å².